The number of carboxylic acids is 1. The zero-order valence-corrected chi connectivity index (χ0v) is 8.70. The number of methoxy groups -OCH3 is 1. The Morgan fingerprint density at radius 1 is 1.56 bits per heavy atom. The number of carboxylic acid groups (broad SMARTS) is 1. The molecule has 0 saturated heterocycles. The Hall–Kier alpha value is -1.66. The first-order valence-corrected chi connectivity index (χ1v) is 4.62. The summed E-state index contributed by atoms with van der Waals surface area (Å²) in [5.41, 5.74) is 0.263. The number of aromatic nitrogens is 1. The summed E-state index contributed by atoms with van der Waals surface area (Å²) >= 11 is 0. The maximum absolute atomic E-state index is 10.4. The highest BCUT2D eigenvalue weighted by Crippen LogP contribution is 2.26. The van der Waals surface area contributed by atoms with Crippen molar-refractivity contribution in [2.24, 2.45) is 0 Å². The van der Waals surface area contributed by atoms with Crippen LogP contribution in [0.4, 0.5) is 0 Å². The molecular weight excluding hydrogens is 214 g/mol. The van der Waals surface area contributed by atoms with Crippen molar-refractivity contribution in [1.29, 1.82) is 0 Å². The van der Waals surface area contributed by atoms with E-state index in [4.69, 9.17) is 9.84 Å². The Labute approximate surface area is 92.1 Å². The van der Waals surface area contributed by atoms with Gasteiger partial charge in [-0.05, 0) is 6.07 Å². The van der Waals surface area contributed by atoms with Gasteiger partial charge in [-0.2, -0.15) is 0 Å². The fourth-order valence-corrected chi connectivity index (χ4v) is 1.30. The molecule has 0 fully saturated rings. The molecule has 0 aliphatic heterocycles. The number of hydrogen-bond donors (Lipinski definition) is 3. The molecule has 0 aromatic carbocycles. The predicted octanol–water partition coefficient (Wildman–Crippen LogP) is -0.0408. The molecule has 2 atom stereocenters. The summed E-state index contributed by atoms with van der Waals surface area (Å²) in [5.74, 6) is -0.832. The Morgan fingerprint density at radius 2 is 2.25 bits per heavy atom. The highest BCUT2D eigenvalue weighted by molar-refractivity contribution is 5.67. The van der Waals surface area contributed by atoms with Gasteiger partial charge in [-0.3, -0.25) is 9.78 Å². The lowest BCUT2D eigenvalue weighted by Crippen LogP contribution is -2.22. The lowest BCUT2D eigenvalue weighted by atomic mass is 10.0. The standard InChI is InChI=1S/C10H13NO5/c1-16-8-2-3-11-5-6(8)10(15)7(12)4-9(13)14/h2-3,5,7,10,12,15H,4H2,1H3,(H,13,14). The maximum atomic E-state index is 10.4. The van der Waals surface area contributed by atoms with Crippen molar-refractivity contribution >= 4 is 5.97 Å². The molecule has 3 N–H and O–H groups in total. The average Bonchev–Trinajstić information content (AvgIpc) is 2.27. The van der Waals surface area contributed by atoms with Gasteiger partial charge in [-0.25, -0.2) is 0 Å². The van der Waals surface area contributed by atoms with Crippen LogP contribution in [0.15, 0.2) is 18.5 Å². The second-order valence-corrected chi connectivity index (χ2v) is 3.23. The Balaban J connectivity index is 2.86. The Morgan fingerprint density at radius 3 is 2.81 bits per heavy atom. The van der Waals surface area contributed by atoms with E-state index in [1.165, 1.54) is 25.6 Å². The number of aliphatic carboxylic acids is 1. The minimum Gasteiger partial charge on any atom is -0.496 e. The number of rotatable bonds is 5. The van der Waals surface area contributed by atoms with E-state index in [9.17, 15) is 15.0 Å². The van der Waals surface area contributed by atoms with Gasteiger partial charge in [0.05, 0.1) is 19.6 Å². The number of aliphatic hydroxyl groups is 2. The molecule has 16 heavy (non-hydrogen) atoms. The molecular formula is C10H13NO5. The van der Waals surface area contributed by atoms with Gasteiger partial charge in [0.2, 0.25) is 0 Å². The third-order valence-electron chi connectivity index (χ3n) is 2.10. The van der Waals surface area contributed by atoms with Crippen molar-refractivity contribution < 1.29 is 24.9 Å². The number of carbonyl (C=O) groups is 1. The van der Waals surface area contributed by atoms with E-state index in [0.717, 1.165) is 0 Å². The lowest BCUT2D eigenvalue weighted by Gasteiger charge is -2.18. The highest BCUT2D eigenvalue weighted by atomic mass is 16.5. The molecule has 0 aliphatic carbocycles. The van der Waals surface area contributed by atoms with E-state index < -0.39 is 24.6 Å². The van der Waals surface area contributed by atoms with Gasteiger partial charge >= 0.3 is 5.97 Å². The number of aliphatic hydroxyl groups excluding tert-OH is 2. The van der Waals surface area contributed by atoms with E-state index in [0.29, 0.717) is 5.75 Å². The SMILES string of the molecule is COc1ccncc1C(O)C(O)CC(=O)O. The average molecular weight is 227 g/mol. The van der Waals surface area contributed by atoms with Gasteiger partial charge in [0.15, 0.2) is 0 Å². The van der Waals surface area contributed by atoms with Crippen molar-refractivity contribution in [1.82, 2.24) is 4.98 Å². The summed E-state index contributed by atoms with van der Waals surface area (Å²) in [6.07, 6.45) is -0.470. The molecule has 88 valence electrons. The third kappa shape index (κ3) is 2.91. The summed E-state index contributed by atoms with van der Waals surface area (Å²) < 4.78 is 4.96. The van der Waals surface area contributed by atoms with E-state index in [2.05, 4.69) is 4.98 Å². The molecule has 1 heterocycles. The number of pyridine rings is 1. The number of ether oxygens (including phenoxy) is 1. The normalized spacial score (nSPS) is 14.2. The van der Waals surface area contributed by atoms with Crippen LogP contribution in [0, 0.1) is 0 Å². The first-order valence-electron chi connectivity index (χ1n) is 4.62. The minimum absolute atomic E-state index is 0.263. The first kappa shape index (κ1) is 12.4. The Kier molecular flexibility index (Phi) is 4.21. The molecule has 1 rings (SSSR count). The van der Waals surface area contributed by atoms with Crippen LogP contribution in [0.5, 0.6) is 5.75 Å². The fraction of sp³-hybridized carbons (Fsp3) is 0.400. The van der Waals surface area contributed by atoms with Crippen LogP contribution in [0.3, 0.4) is 0 Å². The fourth-order valence-electron chi connectivity index (χ4n) is 1.30. The van der Waals surface area contributed by atoms with Gasteiger partial charge < -0.3 is 20.1 Å². The predicted molar refractivity (Wildman–Crippen MR) is 54.0 cm³/mol. The maximum Gasteiger partial charge on any atom is 0.306 e. The minimum atomic E-state index is -1.39. The molecule has 1 aromatic heterocycles. The van der Waals surface area contributed by atoms with Crippen molar-refractivity contribution in [2.45, 2.75) is 18.6 Å². The molecule has 1 aromatic rings. The molecule has 0 amide bonds. The van der Waals surface area contributed by atoms with Crippen LogP contribution < -0.4 is 4.74 Å². The van der Waals surface area contributed by atoms with E-state index in [1.807, 2.05) is 0 Å². The van der Waals surface area contributed by atoms with Crippen molar-refractivity contribution in [3.05, 3.63) is 24.0 Å². The van der Waals surface area contributed by atoms with Crippen LogP contribution >= 0.6 is 0 Å². The van der Waals surface area contributed by atoms with Crippen LogP contribution in [0.2, 0.25) is 0 Å². The number of nitrogens with zero attached hydrogens (tertiary/aromatic N) is 1. The molecule has 6 nitrogen and oxygen atoms in total. The molecule has 0 bridgehead atoms. The van der Waals surface area contributed by atoms with Crippen molar-refractivity contribution in [2.75, 3.05) is 7.11 Å². The zero-order valence-electron chi connectivity index (χ0n) is 8.70. The molecule has 0 aliphatic rings. The van der Waals surface area contributed by atoms with E-state index in [-0.39, 0.29) is 5.56 Å². The molecule has 0 radical (unpaired) electrons. The Bertz CT molecular complexity index is 368. The molecule has 0 spiro atoms. The quantitative estimate of drug-likeness (QED) is 0.652. The van der Waals surface area contributed by atoms with E-state index >= 15 is 0 Å². The van der Waals surface area contributed by atoms with Crippen LogP contribution in [0.1, 0.15) is 18.1 Å². The summed E-state index contributed by atoms with van der Waals surface area (Å²) in [7, 11) is 1.41. The lowest BCUT2D eigenvalue weighted by molar-refractivity contribution is -0.141. The van der Waals surface area contributed by atoms with E-state index in [1.54, 1.807) is 0 Å². The highest BCUT2D eigenvalue weighted by Gasteiger charge is 2.24. The smallest absolute Gasteiger partial charge is 0.306 e. The summed E-state index contributed by atoms with van der Waals surface area (Å²) in [6, 6.07) is 1.52. The topological polar surface area (TPSA) is 99.9 Å². The second-order valence-electron chi connectivity index (χ2n) is 3.23. The summed E-state index contributed by atoms with van der Waals surface area (Å²) in [4.78, 5) is 14.2. The first-order chi connectivity index (χ1) is 7.56. The molecule has 6 heteroatoms. The van der Waals surface area contributed by atoms with Crippen molar-refractivity contribution in [3.63, 3.8) is 0 Å². The molecule has 0 saturated carbocycles. The summed E-state index contributed by atoms with van der Waals surface area (Å²) in [6.45, 7) is 0. The monoisotopic (exact) mass is 227 g/mol. The number of hydrogen-bond acceptors (Lipinski definition) is 5. The zero-order chi connectivity index (χ0) is 12.1. The van der Waals surface area contributed by atoms with Gasteiger partial charge in [0.25, 0.3) is 0 Å². The molecule has 2 unspecified atom stereocenters. The van der Waals surface area contributed by atoms with Gasteiger partial charge in [0, 0.05) is 18.0 Å². The van der Waals surface area contributed by atoms with Crippen molar-refractivity contribution in [3.8, 4) is 5.75 Å². The van der Waals surface area contributed by atoms with Crippen LogP contribution in [-0.4, -0.2) is 39.5 Å². The van der Waals surface area contributed by atoms with Crippen LogP contribution in [-0.2, 0) is 4.79 Å². The largest absolute Gasteiger partial charge is 0.496 e. The van der Waals surface area contributed by atoms with Gasteiger partial charge in [-0.15, -0.1) is 0 Å². The second kappa shape index (κ2) is 5.43. The van der Waals surface area contributed by atoms with Gasteiger partial charge in [0.1, 0.15) is 11.9 Å². The summed E-state index contributed by atoms with van der Waals surface area (Å²) in [5, 5.41) is 27.7. The van der Waals surface area contributed by atoms with Crippen LogP contribution in [0.25, 0.3) is 0 Å². The third-order valence-corrected chi connectivity index (χ3v) is 2.10. The van der Waals surface area contributed by atoms with Gasteiger partial charge in [-0.1, -0.05) is 0 Å².